The molecule has 0 saturated heterocycles. The van der Waals surface area contributed by atoms with Crippen molar-refractivity contribution in [1.82, 2.24) is 0 Å². The summed E-state index contributed by atoms with van der Waals surface area (Å²) < 4.78 is 9.51. The number of carboxylic acids is 2. The Kier molecular flexibility index (Phi) is 46.4. The van der Waals surface area contributed by atoms with Crippen LogP contribution in [0.25, 0.3) is 0 Å². The van der Waals surface area contributed by atoms with E-state index in [0.29, 0.717) is 0 Å². The zero-order chi connectivity index (χ0) is 30.1. The van der Waals surface area contributed by atoms with E-state index in [1.165, 1.54) is 102 Å². The maximum Gasteiger partial charge on any atom is 1.00 e. The molecule has 8 nitrogen and oxygen atoms in total. The molecular weight excluding hydrogens is 558 g/mol. The maximum absolute atomic E-state index is 11.0. The molecule has 0 rings (SSSR count). The van der Waals surface area contributed by atoms with E-state index in [9.17, 15) is 29.4 Å². The van der Waals surface area contributed by atoms with Gasteiger partial charge in [0.2, 0.25) is 0 Å². The Morgan fingerprint density at radius 3 is 1.05 bits per heavy atom. The van der Waals surface area contributed by atoms with Crippen molar-refractivity contribution >= 4 is 23.9 Å². The second-order valence-corrected chi connectivity index (χ2v) is 9.99. The molecule has 0 N–H and O–H groups in total. The molecule has 0 aromatic carbocycles. The Morgan fingerprint density at radius 2 is 0.762 bits per heavy atom. The minimum atomic E-state index is -1.23. The van der Waals surface area contributed by atoms with Gasteiger partial charge in [-0.2, -0.15) is 0 Å². The zero-order valence-corrected chi connectivity index (χ0v) is 31.1. The van der Waals surface area contributed by atoms with Crippen molar-refractivity contribution in [3.05, 3.63) is 24.7 Å². The van der Waals surface area contributed by atoms with Crippen molar-refractivity contribution < 1.29 is 98.0 Å². The number of ether oxygens (including phenoxy) is 2. The predicted octanol–water partition coefficient (Wildman–Crippen LogP) is 0.216. The summed E-state index contributed by atoms with van der Waals surface area (Å²) >= 11 is 0. The number of carbonyl (C=O) groups excluding carboxylic acids is 4. The fourth-order valence-electron chi connectivity index (χ4n) is 3.70. The van der Waals surface area contributed by atoms with Crippen molar-refractivity contribution in [2.75, 3.05) is 0 Å². The number of carboxylic acid groups (broad SMARTS) is 2. The molecule has 0 aromatic rings. The van der Waals surface area contributed by atoms with Gasteiger partial charge >= 0.3 is 71.1 Å². The largest absolute Gasteiger partial charge is 1.00 e. The molecule has 0 fully saturated rings. The number of esters is 2. The fraction of sp³-hybridized carbons (Fsp3) is 0.750. The molecule has 0 aliphatic heterocycles. The summed E-state index contributed by atoms with van der Waals surface area (Å²) in [5.41, 5.74) is 0. The van der Waals surface area contributed by atoms with Crippen molar-refractivity contribution in [2.45, 2.75) is 155 Å². The average Bonchev–Trinajstić information content (AvgIpc) is 2.92. The Bertz CT molecular complexity index is 638. The number of hydrogen-bond donors (Lipinski definition) is 0. The third kappa shape index (κ3) is 46.3. The van der Waals surface area contributed by atoms with E-state index in [4.69, 9.17) is 9.47 Å². The van der Waals surface area contributed by atoms with Gasteiger partial charge in [-0.3, -0.25) is 9.59 Å². The SMILES string of the molecule is CCCCCCCCCCC=COC(=O)CCC(=O)[O-].CCCCCCCCCCC=COC(=O)CCC(=O)[O-].[Na+].[Na+]. The fourth-order valence-corrected chi connectivity index (χ4v) is 3.70. The predicted molar refractivity (Wildman–Crippen MR) is 153 cm³/mol. The van der Waals surface area contributed by atoms with Gasteiger partial charge in [-0.25, -0.2) is 0 Å². The molecule has 0 heterocycles. The number of allylic oxidation sites excluding steroid dienone is 2. The summed E-state index contributed by atoms with van der Waals surface area (Å²) in [5.74, 6) is -3.52. The molecule has 0 aliphatic rings. The van der Waals surface area contributed by atoms with Crippen LogP contribution in [-0.4, -0.2) is 23.9 Å². The Balaban J connectivity index is -0.000000328. The van der Waals surface area contributed by atoms with E-state index >= 15 is 0 Å². The van der Waals surface area contributed by atoms with Gasteiger partial charge in [0.05, 0.1) is 25.4 Å². The number of carbonyl (C=O) groups is 4. The van der Waals surface area contributed by atoms with E-state index < -0.39 is 23.9 Å². The summed E-state index contributed by atoms with van der Waals surface area (Å²) in [6.45, 7) is 4.44. The normalized spacial score (nSPS) is 10.3. The molecular formula is C32H54Na2O8. The summed E-state index contributed by atoms with van der Waals surface area (Å²) in [4.78, 5) is 42.3. The summed E-state index contributed by atoms with van der Waals surface area (Å²) in [5, 5.41) is 20.3. The van der Waals surface area contributed by atoms with Crippen LogP contribution in [0.5, 0.6) is 0 Å². The van der Waals surface area contributed by atoms with E-state index in [1.54, 1.807) is 0 Å². The second kappa shape index (κ2) is 40.4. The van der Waals surface area contributed by atoms with E-state index in [-0.39, 0.29) is 84.8 Å². The number of hydrogen-bond acceptors (Lipinski definition) is 8. The van der Waals surface area contributed by atoms with Gasteiger partial charge in [-0.1, -0.05) is 104 Å². The molecule has 0 aromatic heterocycles. The van der Waals surface area contributed by atoms with Crippen LogP contribution in [-0.2, 0) is 28.7 Å². The van der Waals surface area contributed by atoms with E-state index in [2.05, 4.69) is 13.8 Å². The van der Waals surface area contributed by atoms with Crippen molar-refractivity contribution in [1.29, 1.82) is 0 Å². The molecule has 0 atom stereocenters. The van der Waals surface area contributed by atoms with Gasteiger partial charge in [0.1, 0.15) is 0 Å². The first-order valence-corrected chi connectivity index (χ1v) is 15.4. The number of rotatable bonds is 26. The van der Waals surface area contributed by atoms with E-state index in [0.717, 1.165) is 25.7 Å². The standard InChI is InChI=1S/2C16H28O4.2Na/c2*1-2-3-4-5-6-7-8-9-10-11-14-20-16(19)13-12-15(17)18;;/h2*11,14H,2-10,12-13H2,1H3,(H,17,18);;/q;;2*+1/p-2. The van der Waals surface area contributed by atoms with Crippen molar-refractivity contribution in [2.24, 2.45) is 0 Å². The number of unbranched alkanes of at least 4 members (excludes halogenated alkanes) is 16. The molecule has 0 unspecified atom stereocenters. The average molecular weight is 613 g/mol. The van der Waals surface area contributed by atoms with Crippen LogP contribution in [0.2, 0.25) is 0 Å². The van der Waals surface area contributed by atoms with Gasteiger partial charge in [-0.05, 0) is 50.7 Å². The quantitative estimate of drug-likeness (QED) is 0.0587. The van der Waals surface area contributed by atoms with Crippen molar-refractivity contribution in [3.8, 4) is 0 Å². The molecule has 0 amide bonds. The van der Waals surface area contributed by atoms with Gasteiger partial charge in [0.15, 0.2) is 0 Å². The van der Waals surface area contributed by atoms with Gasteiger partial charge in [0.25, 0.3) is 0 Å². The molecule has 42 heavy (non-hydrogen) atoms. The monoisotopic (exact) mass is 612 g/mol. The van der Waals surface area contributed by atoms with Gasteiger partial charge in [-0.15, -0.1) is 0 Å². The van der Waals surface area contributed by atoms with Crippen LogP contribution in [0.4, 0.5) is 0 Å². The topological polar surface area (TPSA) is 133 Å². The molecule has 0 bridgehead atoms. The zero-order valence-electron chi connectivity index (χ0n) is 27.1. The van der Waals surface area contributed by atoms with Crippen LogP contribution in [0.1, 0.15) is 155 Å². The Morgan fingerprint density at radius 1 is 0.476 bits per heavy atom. The van der Waals surface area contributed by atoms with Crippen LogP contribution in [0, 0.1) is 0 Å². The first kappa shape index (κ1) is 48.3. The first-order valence-electron chi connectivity index (χ1n) is 15.4. The van der Waals surface area contributed by atoms with Crippen LogP contribution < -0.4 is 69.3 Å². The first-order chi connectivity index (χ1) is 19.3. The van der Waals surface area contributed by atoms with Crippen LogP contribution in [0.15, 0.2) is 24.7 Å². The Hall–Kier alpha value is -0.640. The second-order valence-electron chi connectivity index (χ2n) is 9.99. The molecule has 0 spiro atoms. The molecule has 0 radical (unpaired) electrons. The molecule has 232 valence electrons. The molecule has 10 heteroatoms. The van der Waals surface area contributed by atoms with Crippen molar-refractivity contribution in [3.63, 3.8) is 0 Å². The molecule has 0 aliphatic carbocycles. The number of aliphatic carboxylic acids is 2. The maximum atomic E-state index is 11.0. The summed E-state index contributed by atoms with van der Waals surface area (Å²) in [6.07, 6.45) is 27.6. The summed E-state index contributed by atoms with van der Waals surface area (Å²) in [6, 6.07) is 0. The summed E-state index contributed by atoms with van der Waals surface area (Å²) in [7, 11) is 0. The minimum absolute atomic E-state index is 0. The van der Waals surface area contributed by atoms with Crippen LogP contribution >= 0.6 is 0 Å². The van der Waals surface area contributed by atoms with Crippen LogP contribution in [0.3, 0.4) is 0 Å². The van der Waals surface area contributed by atoms with E-state index in [1.807, 2.05) is 12.2 Å². The van der Waals surface area contributed by atoms with Gasteiger partial charge < -0.3 is 29.3 Å². The smallest absolute Gasteiger partial charge is 0.550 e. The third-order valence-electron chi connectivity index (χ3n) is 6.11. The third-order valence-corrected chi connectivity index (χ3v) is 6.11. The Labute approximate surface area is 299 Å². The van der Waals surface area contributed by atoms with Gasteiger partial charge in [0, 0.05) is 11.9 Å². The molecule has 0 saturated carbocycles. The minimum Gasteiger partial charge on any atom is -0.550 e.